The average molecular weight is 277 g/mol. The normalized spacial score (nSPS) is 29.0. The topological polar surface area (TPSA) is 44.5 Å². The summed E-state index contributed by atoms with van der Waals surface area (Å²) >= 11 is 0. The van der Waals surface area contributed by atoms with Crippen molar-refractivity contribution in [1.29, 1.82) is 0 Å². The van der Waals surface area contributed by atoms with Crippen LogP contribution in [0.4, 0.5) is 0 Å². The molecule has 1 aromatic carbocycles. The molecule has 0 bridgehead atoms. The van der Waals surface area contributed by atoms with Crippen molar-refractivity contribution in [3.05, 3.63) is 23.8 Å². The molecule has 0 heterocycles. The Hall–Kier alpha value is -1.22. The second kappa shape index (κ2) is 5.28. The summed E-state index contributed by atoms with van der Waals surface area (Å²) in [6.07, 6.45) is 3.12. The third-order valence-electron chi connectivity index (χ3n) is 4.33. The smallest absolute Gasteiger partial charge is 0.127 e. The van der Waals surface area contributed by atoms with Gasteiger partial charge < -0.3 is 15.2 Å². The maximum Gasteiger partial charge on any atom is 0.127 e. The number of hydrogen-bond donors (Lipinski definition) is 1. The Kier molecular flexibility index (Phi) is 4.01. The standard InChI is InChI=1S/C17H27NO2/c1-12-9-16(2,3)11-17(18,10-12)15-13(19-4)7-6-8-14(15)20-5/h6-8,12H,9-11,18H2,1-5H3. The minimum absolute atomic E-state index is 0.234. The molecule has 0 aliphatic heterocycles. The first-order chi connectivity index (χ1) is 9.31. The molecule has 2 unspecified atom stereocenters. The van der Waals surface area contributed by atoms with E-state index in [1.54, 1.807) is 14.2 Å². The lowest BCUT2D eigenvalue weighted by Crippen LogP contribution is -2.47. The SMILES string of the molecule is COc1cccc(OC)c1C1(N)CC(C)CC(C)(C)C1. The Morgan fingerprint density at radius 2 is 1.65 bits per heavy atom. The first-order valence-electron chi connectivity index (χ1n) is 7.32. The van der Waals surface area contributed by atoms with Crippen molar-refractivity contribution in [2.24, 2.45) is 17.1 Å². The van der Waals surface area contributed by atoms with Crippen molar-refractivity contribution in [3.8, 4) is 11.5 Å². The van der Waals surface area contributed by atoms with Crippen LogP contribution in [0.2, 0.25) is 0 Å². The fourth-order valence-corrected chi connectivity index (χ4v) is 4.17. The van der Waals surface area contributed by atoms with Crippen LogP contribution in [0.1, 0.15) is 45.6 Å². The second-order valence-corrected chi connectivity index (χ2v) is 7.05. The monoisotopic (exact) mass is 277 g/mol. The number of benzene rings is 1. The van der Waals surface area contributed by atoms with E-state index in [4.69, 9.17) is 15.2 Å². The second-order valence-electron chi connectivity index (χ2n) is 7.05. The molecule has 0 radical (unpaired) electrons. The van der Waals surface area contributed by atoms with Gasteiger partial charge in [0.15, 0.2) is 0 Å². The van der Waals surface area contributed by atoms with Gasteiger partial charge in [0, 0.05) is 5.54 Å². The molecular weight excluding hydrogens is 250 g/mol. The molecule has 1 aliphatic rings. The van der Waals surface area contributed by atoms with E-state index in [1.807, 2.05) is 18.2 Å². The van der Waals surface area contributed by atoms with E-state index in [0.29, 0.717) is 5.92 Å². The highest BCUT2D eigenvalue weighted by Crippen LogP contribution is 2.51. The summed E-state index contributed by atoms with van der Waals surface area (Å²) in [6.45, 7) is 6.88. The minimum atomic E-state index is -0.390. The number of nitrogens with two attached hydrogens (primary N) is 1. The summed E-state index contributed by atoms with van der Waals surface area (Å²) < 4.78 is 11.1. The summed E-state index contributed by atoms with van der Waals surface area (Å²) in [7, 11) is 3.39. The zero-order valence-corrected chi connectivity index (χ0v) is 13.3. The van der Waals surface area contributed by atoms with Crippen LogP contribution < -0.4 is 15.2 Å². The number of rotatable bonds is 3. The number of ether oxygens (including phenoxy) is 2. The molecule has 1 fully saturated rings. The third-order valence-corrected chi connectivity index (χ3v) is 4.33. The van der Waals surface area contributed by atoms with Gasteiger partial charge in [0.2, 0.25) is 0 Å². The molecule has 1 aromatic rings. The van der Waals surface area contributed by atoms with Gasteiger partial charge >= 0.3 is 0 Å². The summed E-state index contributed by atoms with van der Waals surface area (Å²) in [5.41, 5.74) is 7.70. The van der Waals surface area contributed by atoms with Crippen molar-refractivity contribution < 1.29 is 9.47 Å². The van der Waals surface area contributed by atoms with E-state index in [9.17, 15) is 0 Å². The molecule has 112 valence electrons. The van der Waals surface area contributed by atoms with Gasteiger partial charge in [0.05, 0.1) is 19.8 Å². The molecule has 3 heteroatoms. The van der Waals surface area contributed by atoms with Crippen LogP contribution in [0.3, 0.4) is 0 Å². The lowest BCUT2D eigenvalue weighted by Gasteiger charge is -2.46. The Morgan fingerprint density at radius 1 is 1.10 bits per heavy atom. The predicted octanol–water partition coefficient (Wildman–Crippen LogP) is 3.70. The van der Waals surface area contributed by atoms with Crippen LogP contribution in [0.25, 0.3) is 0 Å². The van der Waals surface area contributed by atoms with E-state index >= 15 is 0 Å². The van der Waals surface area contributed by atoms with Gasteiger partial charge in [0.1, 0.15) is 11.5 Å². The maximum absolute atomic E-state index is 6.84. The van der Waals surface area contributed by atoms with E-state index in [1.165, 1.54) is 6.42 Å². The van der Waals surface area contributed by atoms with E-state index in [2.05, 4.69) is 20.8 Å². The van der Waals surface area contributed by atoms with Crippen LogP contribution >= 0.6 is 0 Å². The summed E-state index contributed by atoms with van der Waals surface area (Å²) in [4.78, 5) is 0. The molecule has 0 aromatic heterocycles. The molecule has 1 aliphatic carbocycles. The largest absolute Gasteiger partial charge is 0.496 e. The van der Waals surface area contributed by atoms with Gasteiger partial charge in [-0.3, -0.25) is 0 Å². The fourth-order valence-electron chi connectivity index (χ4n) is 4.17. The van der Waals surface area contributed by atoms with Crippen molar-refractivity contribution in [3.63, 3.8) is 0 Å². The molecule has 3 nitrogen and oxygen atoms in total. The van der Waals surface area contributed by atoms with Crippen LogP contribution in [0.15, 0.2) is 18.2 Å². The fraction of sp³-hybridized carbons (Fsp3) is 0.647. The van der Waals surface area contributed by atoms with Gasteiger partial charge in [-0.1, -0.05) is 26.8 Å². The summed E-state index contributed by atoms with van der Waals surface area (Å²) in [5, 5.41) is 0. The molecule has 20 heavy (non-hydrogen) atoms. The predicted molar refractivity (Wildman–Crippen MR) is 82.2 cm³/mol. The van der Waals surface area contributed by atoms with Crippen molar-refractivity contribution >= 4 is 0 Å². The molecule has 1 saturated carbocycles. The molecule has 0 spiro atoms. The van der Waals surface area contributed by atoms with Gasteiger partial charge in [-0.25, -0.2) is 0 Å². The molecule has 2 N–H and O–H groups in total. The average Bonchev–Trinajstić information content (AvgIpc) is 2.34. The molecule has 2 rings (SSSR count). The Morgan fingerprint density at radius 3 is 2.10 bits per heavy atom. The highest BCUT2D eigenvalue weighted by atomic mass is 16.5. The lowest BCUT2D eigenvalue weighted by molar-refractivity contribution is 0.103. The first kappa shape index (κ1) is 15.2. The molecule has 2 atom stereocenters. The zero-order valence-electron chi connectivity index (χ0n) is 13.3. The number of hydrogen-bond acceptors (Lipinski definition) is 3. The van der Waals surface area contributed by atoms with Crippen LogP contribution in [0, 0.1) is 11.3 Å². The van der Waals surface area contributed by atoms with E-state index in [-0.39, 0.29) is 11.0 Å². The number of methoxy groups -OCH3 is 2. The summed E-state index contributed by atoms with van der Waals surface area (Å²) in [5.74, 6) is 2.26. The van der Waals surface area contributed by atoms with E-state index < -0.39 is 0 Å². The van der Waals surface area contributed by atoms with E-state index in [0.717, 1.165) is 29.9 Å². The quantitative estimate of drug-likeness (QED) is 0.916. The highest BCUT2D eigenvalue weighted by molar-refractivity contribution is 5.49. The Bertz CT molecular complexity index is 462. The first-order valence-corrected chi connectivity index (χ1v) is 7.32. The maximum atomic E-state index is 6.84. The minimum Gasteiger partial charge on any atom is -0.496 e. The zero-order chi connectivity index (χ0) is 15.0. The van der Waals surface area contributed by atoms with Crippen molar-refractivity contribution in [2.45, 2.75) is 45.6 Å². The van der Waals surface area contributed by atoms with Gasteiger partial charge in [-0.05, 0) is 42.7 Å². The Balaban J connectivity index is 2.53. The summed E-state index contributed by atoms with van der Waals surface area (Å²) in [6, 6.07) is 5.89. The Labute approximate surface area is 122 Å². The van der Waals surface area contributed by atoms with Gasteiger partial charge in [-0.2, -0.15) is 0 Å². The van der Waals surface area contributed by atoms with Crippen molar-refractivity contribution in [2.75, 3.05) is 14.2 Å². The van der Waals surface area contributed by atoms with Gasteiger partial charge in [-0.15, -0.1) is 0 Å². The molecule has 0 saturated heterocycles. The van der Waals surface area contributed by atoms with Crippen LogP contribution in [-0.4, -0.2) is 14.2 Å². The van der Waals surface area contributed by atoms with Crippen LogP contribution in [-0.2, 0) is 5.54 Å². The molecule has 0 amide bonds. The highest BCUT2D eigenvalue weighted by Gasteiger charge is 2.44. The third kappa shape index (κ3) is 2.78. The lowest BCUT2D eigenvalue weighted by atomic mass is 9.62. The van der Waals surface area contributed by atoms with Crippen molar-refractivity contribution in [1.82, 2.24) is 0 Å². The molecular formula is C17H27NO2. The van der Waals surface area contributed by atoms with Gasteiger partial charge in [0.25, 0.3) is 0 Å². The van der Waals surface area contributed by atoms with Crippen LogP contribution in [0.5, 0.6) is 11.5 Å².